The summed E-state index contributed by atoms with van der Waals surface area (Å²) in [5.74, 6) is 2.63. The third-order valence-electron chi connectivity index (χ3n) is 1.28. The Morgan fingerprint density at radius 3 is 2.58 bits per heavy atom. The fraction of sp³-hybridized carbons (Fsp3) is 0. The van der Waals surface area contributed by atoms with E-state index in [2.05, 4.69) is 5.10 Å². The Morgan fingerprint density at radius 2 is 2.00 bits per heavy atom. The first-order chi connectivity index (χ1) is 5.66. The molecule has 1 aromatic rings. The quantitative estimate of drug-likeness (QED) is 0.312. The minimum atomic E-state index is -1.09. The van der Waals surface area contributed by atoms with Crippen LogP contribution in [0.2, 0.25) is 5.02 Å². The number of hydrogen-bond donors (Lipinski definition) is 1. The first-order valence-corrected chi connectivity index (χ1v) is 3.41. The first-order valence-electron chi connectivity index (χ1n) is 3.03. The molecule has 0 atom stereocenters. The van der Waals surface area contributed by atoms with Crippen molar-refractivity contribution in [1.82, 2.24) is 0 Å². The Labute approximate surface area is 72.6 Å². The van der Waals surface area contributed by atoms with Crippen molar-refractivity contribution in [1.29, 1.82) is 0 Å². The molecule has 1 rings (SSSR count). The first kappa shape index (κ1) is 8.93. The lowest BCUT2D eigenvalue weighted by Crippen LogP contribution is -1.95. The van der Waals surface area contributed by atoms with Crippen LogP contribution in [0.4, 0.5) is 8.78 Å². The molecule has 0 spiro atoms. The molecule has 0 heterocycles. The van der Waals surface area contributed by atoms with E-state index in [1.54, 1.807) is 0 Å². The molecule has 64 valence electrons. The molecular formula is C7H5ClF2N2. The lowest BCUT2D eigenvalue weighted by molar-refractivity contribution is 0.508. The van der Waals surface area contributed by atoms with Gasteiger partial charge in [-0.2, -0.15) is 5.10 Å². The molecule has 0 aliphatic heterocycles. The van der Waals surface area contributed by atoms with E-state index in [4.69, 9.17) is 17.4 Å². The van der Waals surface area contributed by atoms with Crippen LogP contribution in [0.1, 0.15) is 5.56 Å². The molecule has 0 radical (unpaired) electrons. The second kappa shape index (κ2) is 3.49. The molecule has 1 aromatic carbocycles. The average Bonchev–Trinajstić information content (AvgIpc) is 2.07. The highest BCUT2D eigenvalue weighted by atomic mass is 35.5. The molecule has 0 aliphatic rings. The summed E-state index contributed by atoms with van der Waals surface area (Å²) in [6.45, 7) is 0. The molecule has 12 heavy (non-hydrogen) atoms. The molecule has 0 saturated carbocycles. The fourth-order valence-corrected chi connectivity index (χ4v) is 0.867. The third kappa shape index (κ3) is 1.53. The zero-order valence-electron chi connectivity index (χ0n) is 5.89. The zero-order valence-corrected chi connectivity index (χ0v) is 6.65. The normalized spacial score (nSPS) is 10.9. The summed E-state index contributed by atoms with van der Waals surface area (Å²) in [6, 6.07) is 2.52. The number of nitrogens with two attached hydrogens (primary N) is 1. The van der Waals surface area contributed by atoms with Gasteiger partial charge in [-0.05, 0) is 12.1 Å². The molecule has 0 unspecified atom stereocenters. The van der Waals surface area contributed by atoms with Crippen molar-refractivity contribution in [2.45, 2.75) is 0 Å². The van der Waals surface area contributed by atoms with E-state index >= 15 is 0 Å². The van der Waals surface area contributed by atoms with Crippen LogP contribution in [0.3, 0.4) is 0 Å². The van der Waals surface area contributed by atoms with Gasteiger partial charge in [-0.3, -0.25) is 0 Å². The Kier molecular flexibility index (Phi) is 2.60. The molecule has 0 bridgehead atoms. The van der Waals surface area contributed by atoms with Crippen LogP contribution in [0.5, 0.6) is 0 Å². The van der Waals surface area contributed by atoms with Crippen molar-refractivity contribution < 1.29 is 8.78 Å². The summed E-state index contributed by atoms with van der Waals surface area (Å²) in [5.41, 5.74) is -0.0283. The summed E-state index contributed by atoms with van der Waals surface area (Å²) in [7, 11) is 0. The number of halogens is 3. The number of benzene rings is 1. The van der Waals surface area contributed by atoms with Gasteiger partial charge in [0.05, 0.1) is 11.2 Å². The highest BCUT2D eigenvalue weighted by molar-refractivity contribution is 6.30. The summed E-state index contributed by atoms with van der Waals surface area (Å²) < 4.78 is 25.5. The Bertz CT molecular complexity index is 325. The molecule has 0 fully saturated rings. The van der Waals surface area contributed by atoms with E-state index in [1.807, 2.05) is 0 Å². The predicted octanol–water partition coefficient (Wildman–Crippen LogP) is 1.91. The summed E-state index contributed by atoms with van der Waals surface area (Å²) in [6.07, 6.45) is 1.01. The highest BCUT2D eigenvalue weighted by Crippen LogP contribution is 2.19. The molecule has 0 saturated heterocycles. The lowest BCUT2D eigenvalue weighted by atomic mass is 10.2. The van der Waals surface area contributed by atoms with E-state index in [-0.39, 0.29) is 10.6 Å². The fourth-order valence-electron chi connectivity index (χ4n) is 0.721. The second-order valence-corrected chi connectivity index (χ2v) is 2.45. The van der Waals surface area contributed by atoms with Gasteiger partial charge in [-0.1, -0.05) is 11.6 Å². The Balaban J connectivity index is 3.26. The van der Waals surface area contributed by atoms with Gasteiger partial charge in [0.15, 0.2) is 11.6 Å². The molecule has 0 aromatic heterocycles. The van der Waals surface area contributed by atoms with Gasteiger partial charge in [-0.15, -0.1) is 0 Å². The average molecular weight is 191 g/mol. The van der Waals surface area contributed by atoms with Crippen molar-refractivity contribution in [3.8, 4) is 0 Å². The van der Waals surface area contributed by atoms with E-state index in [0.29, 0.717) is 0 Å². The topological polar surface area (TPSA) is 38.4 Å². The van der Waals surface area contributed by atoms with Gasteiger partial charge in [-0.25, -0.2) is 8.78 Å². The van der Waals surface area contributed by atoms with Crippen LogP contribution in [-0.4, -0.2) is 6.21 Å². The van der Waals surface area contributed by atoms with Gasteiger partial charge in [0.2, 0.25) is 0 Å². The van der Waals surface area contributed by atoms with Gasteiger partial charge in [0.1, 0.15) is 0 Å². The van der Waals surface area contributed by atoms with Crippen LogP contribution in [-0.2, 0) is 0 Å². The van der Waals surface area contributed by atoms with Crippen molar-refractivity contribution in [2.75, 3.05) is 0 Å². The molecule has 2 N–H and O–H groups in total. The molecule has 2 nitrogen and oxygen atoms in total. The van der Waals surface area contributed by atoms with E-state index < -0.39 is 11.6 Å². The van der Waals surface area contributed by atoms with Crippen LogP contribution < -0.4 is 5.84 Å². The van der Waals surface area contributed by atoms with Crippen LogP contribution in [0.25, 0.3) is 0 Å². The molecular weight excluding hydrogens is 186 g/mol. The summed E-state index contributed by atoms with van der Waals surface area (Å²) in [4.78, 5) is 0. The van der Waals surface area contributed by atoms with Crippen molar-refractivity contribution in [3.63, 3.8) is 0 Å². The zero-order chi connectivity index (χ0) is 9.14. The Morgan fingerprint density at radius 1 is 1.33 bits per heavy atom. The monoisotopic (exact) mass is 190 g/mol. The summed E-state index contributed by atoms with van der Waals surface area (Å²) in [5, 5.41) is 2.80. The van der Waals surface area contributed by atoms with Crippen molar-refractivity contribution in [3.05, 3.63) is 34.4 Å². The number of hydrogen-bond acceptors (Lipinski definition) is 2. The third-order valence-corrected chi connectivity index (χ3v) is 1.57. The van der Waals surface area contributed by atoms with Gasteiger partial charge >= 0.3 is 0 Å². The van der Waals surface area contributed by atoms with E-state index in [1.165, 1.54) is 12.1 Å². The predicted molar refractivity (Wildman–Crippen MR) is 43.1 cm³/mol. The number of rotatable bonds is 1. The van der Waals surface area contributed by atoms with Crippen LogP contribution in [0.15, 0.2) is 17.2 Å². The highest BCUT2D eigenvalue weighted by Gasteiger charge is 2.09. The maximum absolute atomic E-state index is 12.8. The molecule has 0 aliphatic carbocycles. The standard InChI is InChI=1S/C7H5ClF2N2/c8-5-2-1-4(3-12-11)6(9)7(5)10/h1-3H,11H2. The number of hydrazone groups is 1. The SMILES string of the molecule is NN=Cc1ccc(Cl)c(F)c1F. The Hall–Kier alpha value is -1.16. The minimum absolute atomic E-state index is 0.0283. The van der Waals surface area contributed by atoms with Crippen LogP contribution in [0, 0.1) is 11.6 Å². The largest absolute Gasteiger partial charge is 0.323 e. The maximum Gasteiger partial charge on any atom is 0.178 e. The molecule has 5 heteroatoms. The number of nitrogens with zero attached hydrogens (tertiary/aromatic N) is 1. The van der Waals surface area contributed by atoms with E-state index in [9.17, 15) is 8.78 Å². The second-order valence-electron chi connectivity index (χ2n) is 2.04. The minimum Gasteiger partial charge on any atom is -0.323 e. The smallest absolute Gasteiger partial charge is 0.178 e. The van der Waals surface area contributed by atoms with Crippen LogP contribution >= 0.6 is 11.6 Å². The van der Waals surface area contributed by atoms with Crippen molar-refractivity contribution >= 4 is 17.8 Å². The van der Waals surface area contributed by atoms with Gasteiger partial charge < -0.3 is 5.84 Å². The summed E-state index contributed by atoms with van der Waals surface area (Å²) >= 11 is 5.30. The van der Waals surface area contributed by atoms with Crippen molar-refractivity contribution in [2.24, 2.45) is 10.9 Å². The molecule has 0 amide bonds. The lowest BCUT2D eigenvalue weighted by Gasteiger charge is -1.98. The van der Waals surface area contributed by atoms with Gasteiger partial charge in [0.25, 0.3) is 0 Å². The van der Waals surface area contributed by atoms with E-state index in [0.717, 1.165) is 6.21 Å². The maximum atomic E-state index is 12.8. The van der Waals surface area contributed by atoms with Gasteiger partial charge in [0, 0.05) is 5.56 Å².